The van der Waals surface area contributed by atoms with Gasteiger partial charge in [0.2, 0.25) is 0 Å². The Bertz CT molecular complexity index is 701. The smallest absolute Gasteiger partial charge is 0.251 e. The second-order valence-corrected chi connectivity index (χ2v) is 4.62. The summed E-state index contributed by atoms with van der Waals surface area (Å²) in [6.45, 7) is 3.98. The maximum Gasteiger partial charge on any atom is 0.251 e. The van der Waals surface area contributed by atoms with Gasteiger partial charge in [-0.05, 0) is 24.3 Å². The zero-order chi connectivity index (χ0) is 16.7. The number of amides is 1. The number of rotatable bonds is 7. The van der Waals surface area contributed by atoms with Gasteiger partial charge in [0.1, 0.15) is 17.3 Å². The third kappa shape index (κ3) is 4.23. The van der Waals surface area contributed by atoms with Crippen molar-refractivity contribution in [2.24, 2.45) is 0 Å². The van der Waals surface area contributed by atoms with Crippen molar-refractivity contribution < 1.29 is 14.3 Å². The highest BCUT2D eigenvalue weighted by Crippen LogP contribution is 2.31. The van der Waals surface area contributed by atoms with Crippen LogP contribution in [-0.4, -0.2) is 31.7 Å². The number of hydrogen-bond donors (Lipinski definition) is 2. The summed E-state index contributed by atoms with van der Waals surface area (Å²) in [5, 5.41) is 5.86. The van der Waals surface area contributed by atoms with E-state index in [0.717, 1.165) is 0 Å². The summed E-state index contributed by atoms with van der Waals surface area (Å²) in [6, 6.07) is 8.70. The number of hydrogen-bond acceptors (Lipinski definition) is 5. The molecule has 0 aliphatic rings. The molecule has 0 spiro atoms. The van der Waals surface area contributed by atoms with Gasteiger partial charge in [-0.1, -0.05) is 6.08 Å². The highest BCUT2D eigenvalue weighted by Gasteiger charge is 2.09. The molecule has 0 aliphatic heterocycles. The lowest BCUT2D eigenvalue weighted by atomic mass is 10.2. The van der Waals surface area contributed by atoms with Crippen molar-refractivity contribution in [3.8, 4) is 11.5 Å². The summed E-state index contributed by atoms with van der Waals surface area (Å²) < 4.78 is 10.5. The Kier molecular flexibility index (Phi) is 5.57. The minimum atomic E-state index is -0.187. The van der Waals surface area contributed by atoms with E-state index in [4.69, 9.17) is 9.47 Å². The topological polar surface area (TPSA) is 72.5 Å². The van der Waals surface area contributed by atoms with Gasteiger partial charge in [0, 0.05) is 24.4 Å². The summed E-state index contributed by atoms with van der Waals surface area (Å²) >= 11 is 0. The SMILES string of the molecule is C=CCNC(=O)c1ccnc(Nc2cc(OC)ccc2OC)c1. The molecular formula is C17H19N3O3. The first-order valence-electron chi connectivity index (χ1n) is 7.02. The number of aromatic nitrogens is 1. The molecule has 0 fully saturated rings. The molecule has 23 heavy (non-hydrogen) atoms. The minimum absolute atomic E-state index is 0.187. The van der Waals surface area contributed by atoms with Crippen molar-refractivity contribution in [2.45, 2.75) is 0 Å². The minimum Gasteiger partial charge on any atom is -0.497 e. The Labute approximate surface area is 135 Å². The molecule has 1 heterocycles. The molecule has 6 heteroatoms. The zero-order valence-corrected chi connectivity index (χ0v) is 13.1. The van der Waals surface area contributed by atoms with Crippen LogP contribution in [0.4, 0.5) is 11.5 Å². The van der Waals surface area contributed by atoms with Gasteiger partial charge in [0.15, 0.2) is 0 Å². The van der Waals surface area contributed by atoms with Crippen LogP contribution in [0.3, 0.4) is 0 Å². The molecule has 0 unspecified atom stereocenters. The Morgan fingerprint density at radius 1 is 1.26 bits per heavy atom. The summed E-state index contributed by atoms with van der Waals surface area (Å²) in [4.78, 5) is 16.2. The van der Waals surface area contributed by atoms with Crippen LogP contribution in [0.15, 0.2) is 49.2 Å². The number of nitrogens with one attached hydrogen (secondary N) is 2. The predicted octanol–water partition coefficient (Wildman–Crippen LogP) is 2.76. The van der Waals surface area contributed by atoms with Crippen LogP contribution in [0.2, 0.25) is 0 Å². The van der Waals surface area contributed by atoms with E-state index < -0.39 is 0 Å². The van der Waals surface area contributed by atoms with E-state index in [0.29, 0.717) is 35.1 Å². The average molecular weight is 313 g/mol. The fraction of sp³-hybridized carbons (Fsp3) is 0.176. The number of methoxy groups -OCH3 is 2. The Balaban J connectivity index is 2.23. The van der Waals surface area contributed by atoms with Gasteiger partial charge in [-0.15, -0.1) is 6.58 Å². The van der Waals surface area contributed by atoms with Gasteiger partial charge in [-0.3, -0.25) is 4.79 Å². The highest BCUT2D eigenvalue weighted by molar-refractivity contribution is 5.95. The van der Waals surface area contributed by atoms with Gasteiger partial charge in [0.25, 0.3) is 5.91 Å². The standard InChI is InChI=1S/C17H19N3O3/c1-4-8-19-17(21)12-7-9-18-16(10-12)20-14-11-13(22-2)5-6-15(14)23-3/h4-7,9-11H,1,8H2,2-3H3,(H,18,20)(H,19,21). The molecule has 2 rings (SSSR count). The fourth-order valence-corrected chi connectivity index (χ4v) is 1.96. The van der Waals surface area contributed by atoms with E-state index in [-0.39, 0.29) is 5.91 Å². The molecule has 0 radical (unpaired) electrons. The molecule has 1 amide bonds. The lowest BCUT2D eigenvalue weighted by Crippen LogP contribution is -2.23. The second kappa shape index (κ2) is 7.84. The molecule has 0 atom stereocenters. The van der Waals surface area contributed by atoms with Gasteiger partial charge in [-0.25, -0.2) is 4.98 Å². The van der Waals surface area contributed by atoms with Crippen LogP contribution in [0.1, 0.15) is 10.4 Å². The quantitative estimate of drug-likeness (QED) is 0.769. The van der Waals surface area contributed by atoms with Gasteiger partial charge < -0.3 is 20.1 Å². The number of pyridine rings is 1. The Morgan fingerprint density at radius 3 is 2.78 bits per heavy atom. The molecule has 2 N–H and O–H groups in total. The normalized spacial score (nSPS) is 9.83. The van der Waals surface area contributed by atoms with Crippen molar-refractivity contribution >= 4 is 17.4 Å². The number of ether oxygens (including phenoxy) is 2. The van der Waals surface area contributed by atoms with Crippen LogP contribution >= 0.6 is 0 Å². The van der Waals surface area contributed by atoms with E-state index in [9.17, 15) is 4.79 Å². The van der Waals surface area contributed by atoms with Gasteiger partial charge in [-0.2, -0.15) is 0 Å². The fourth-order valence-electron chi connectivity index (χ4n) is 1.96. The Morgan fingerprint density at radius 2 is 2.09 bits per heavy atom. The van der Waals surface area contributed by atoms with E-state index in [1.54, 1.807) is 56.8 Å². The summed E-state index contributed by atoms with van der Waals surface area (Å²) in [5.74, 6) is 1.68. The van der Waals surface area contributed by atoms with Crippen molar-refractivity contribution in [3.63, 3.8) is 0 Å². The number of anilines is 2. The van der Waals surface area contributed by atoms with Crippen molar-refractivity contribution in [2.75, 3.05) is 26.1 Å². The van der Waals surface area contributed by atoms with Crippen LogP contribution < -0.4 is 20.1 Å². The first-order chi connectivity index (χ1) is 11.2. The maximum absolute atomic E-state index is 12.0. The number of carbonyl (C=O) groups excluding carboxylic acids is 1. The van der Waals surface area contributed by atoms with Crippen molar-refractivity contribution in [3.05, 3.63) is 54.7 Å². The maximum atomic E-state index is 12.0. The Hall–Kier alpha value is -3.02. The first kappa shape index (κ1) is 16.4. The second-order valence-electron chi connectivity index (χ2n) is 4.62. The number of nitrogens with zero attached hydrogens (tertiary/aromatic N) is 1. The van der Waals surface area contributed by atoms with Crippen LogP contribution in [0, 0.1) is 0 Å². The zero-order valence-electron chi connectivity index (χ0n) is 13.1. The molecule has 0 saturated heterocycles. The number of carbonyl (C=O) groups is 1. The van der Waals surface area contributed by atoms with E-state index in [1.165, 1.54) is 0 Å². The average Bonchev–Trinajstić information content (AvgIpc) is 2.59. The molecule has 2 aromatic rings. The lowest BCUT2D eigenvalue weighted by molar-refractivity contribution is 0.0958. The summed E-state index contributed by atoms with van der Waals surface area (Å²) in [7, 11) is 3.17. The first-order valence-corrected chi connectivity index (χ1v) is 7.02. The van der Waals surface area contributed by atoms with E-state index in [1.807, 2.05) is 0 Å². The molecule has 120 valence electrons. The number of benzene rings is 1. The molecule has 6 nitrogen and oxygen atoms in total. The van der Waals surface area contributed by atoms with Crippen LogP contribution in [0.5, 0.6) is 11.5 Å². The molecule has 1 aromatic heterocycles. The van der Waals surface area contributed by atoms with Crippen LogP contribution in [-0.2, 0) is 0 Å². The largest absolute Gasteiger partial charge is 0.497 e. The third-order valence-electron chi connectivity index (χ3n) is 3.10. The van der Waals surface area contributed by atoms with Gasteiger partial charge in [0.05, 0.1) is 19.9 Å². The van der Waals surface area contributed by atoms with E-state index >= 15 is 0 Å². The van der Waals surface area contributed by atoms with Crippen molar-refractivity contribution in [1.29, 1.82) is 0 Å². The molecule has 0 bridgehead atoms. The predicted molar refractivity (Wildman–Crippen MR) is 89.6 cm³/mol. The summed E-state index contributed by atoms with van der Waals surface area (Å²) in [6.07, 6.45) is 3.19. The lowest BCUT2D eigenvalue weighted by Gasteiger charge is -2.12. The van der Waals surface area contributed by atoms with Crippen molar-refractivity contribution in [1.82, 2.24) is 10.3 Å². The van der Waals surface area contributed by atoms with E-state index in [2.05, 4.69) is 22.2 Å². The monoisotopic (exact) mass is 313 g/mol. The summed E-state index contributed by atoms with van der Waals surface area (Å²) in [5.41, 5.74) is 1.20. The van der Waals surface area contributed by atoms with Gasteiger partial charge >= 0.3 is 0 Å². The third-order valence-corrected chi connectivity index (χ3v) is 3.10. The molecule has 1 aromatic carbocycles. The molecular weight excluding hydrogens is 294 g/mol. The van der Waals surface area contributed by atoms with Crippen LogP contribution in [0.25, 0.3) is 0 Å². The highest BCUT2D eigenvalue weighted by atomic mass is 16.5. The molecule has 0 aliphatic carbocycles. The molecule has 0 saturated carbocycles.